The average Bonchev–Trinajstić information content (AvgIpc) is 2.37. The molecule has 0 aliphatic carbocycles. The van der Waals surface area contributed by atoms with Crippen molar-refractivity contribution in [2.24, 2.45) is 0 Å². The SMILES string of the molecule is CCOC(=O)N[C@H](c1ccc(Br)cc1)[C@@](C)(Br)[N+](=O)[O-]. The Morgan fingerprint density at radius 1 is 1.50 bits per heavy atom. The molecule has 20 heavy (non-hydrogen) atoms. The topological polar surface area (TPSA) is 81.5 Å². The normalized spacial score (nSPS) is 15.0. The monoisotopic (exact) mass is 408 g/mol. The summed E-state index contributed by atoms with van der Waals surface area (Å²) in [6.07, 6.45) is -0.701. The summed E-state index contributed by atoms with van der Waals surface area (Å²) in [5.41, 5.74) is 0.595. The molecule has 8 heteroatoms. The third-order valence-corrected chi connectivity index (χ3v) is 3.90. The lowest BCUT2D eigenvalue weighted by molar-refractivity contribution is -0.536. The number of rotatable bonds is 5. The Kier molecular flexibility index (Phi) is 5.94. The molecule has 2 atom stereocenters. The van der Waals surface area contributed by atoms with Crippen LogP contribution in [0.15, 0.2) is 28.7 Å². The number of ether oxygens (including phenoxy) is 1. The van der Waals surface area contributed by atoms with Crippen LogP contribution < -0.4 is 5.32 Å². The van der Waals surface area contributed by atoms with Gasteiger partial charge in [-0.1, -0.05) is 28.1 Å². The number of nitrogens with zero attached hydrogens (tertiary/aromatic N) is 1. The lowest BCUT2D eigenvalue weighted by Gasteiger charge is -2.26. The first-order chi connectivity index (χ1) is 9.28. The lowest BCUT2D eigenvalue weighted by atomic mass is 10.0. The minimum atomic E-state index is -1.55. The van der Waals surface area contributed by atoms with Crippen molar-refractivity contribution in [1.82, 2.24) is 5.32 Å². The number of benzene rings is 1. The van der Waals surface area contributed by atoms with E-state index in [0.29, 0.717) is 5.56 Å². The van der Waals surface area contributed by atoms with Crippen LogP contribution >= 0.6 is 31.9 Å². The Morgan fingerprint density at radius 3 is 2.50 bits per heavy atom. The lowest BCUT2D eigenvalue weighted by Crippen LogP contribution is -2.45. The first-order valence-corrected chi connectivity index (χ1v) is 7.39. The summed E-state index contributed by atoms with van der Waals surface area (Å²) in [6.45, 7) is 3.23. The number of hydrogen-bond donors (Lipinski definition) is 1. The molecule has 1 aromatic carbocycles. The smallest absolute Gasteiger partial charge is 0.407 e. The van der Waals surface area contributed by atoms with Crippen LogP contribution in [0.3, 0.4) is 0 Å². The van der Waals surface area contributed by atoms with Crippen LogP contribution in [-0.4, -0.2) is 22.1 Å². The molecule has 0 aliphatic rings. The molecule has 1 N–H and O–H groups in total. The van der Waals surface area contributed by atoms with Gasteiger partial charge in [0.1, 0.15) is 6.04 Å². The zero-order valence-electron chi connectivity index (χ0n) is 10.9. The van der Waals surface area contributed by atoms with Crippen LogP contribution in [0.1, 0.15) is 25.5 Å². The van der Waals surface area contributed by atoms with Gasteiger partial charge in [-0.05, 0) is 24.6 Å². The highest BCUT2D eigenvalue weighted by Crippen LogP contribution is 2.34. The summed E-state index contributed by atoms with van der Waals surface area (Å²) < 4.78 is 4.08. The van der Waals surface area contributed by atoms with Crippen LogP contribution in [0, 0.1) is 10.1 Å². The average molecular weight is 410 g/mol. The van der Waals surface area contributed by atoms with Crippen LogP contribution in [0.25, 0.3) is 0 Å². The minimum absolute atomic E-state index is 0.191. The summed E-state index contributed by atoms with van der Waals surface area (Å²) in [5.74, 6) is 0. The van der Waals surface area contributed by atoms with E-state index in [0.717, 1.165) is 4.47 Å². The van der Waals surface area contributed by atoms with Crippen molar-refractivity contribution in [3.63, 3.8) is 0 Å². The summed E-state index contributed by atoms with van der Waals surface area (Å²) >= 11 is 6.36. The largest absolute Gasteiger partial charge is 0.450 e. The van der Waals surface area contributed by atoms with E-state index in [1.165, 1.54) is 6.92 Å². The quantitative estimate of drug-likeness (QED) is 0.348. The molecule has 0 saturated heterocycles. The van der Waals surface area contributed by atoms with Crippen molar-refractivity contribution in [2.45, 2.75) is 24.3 Å². The molecule has 0 aliphatic heterocycles. The number of alkyl carbamates (subject to hydrolysis) is 1. The first-order valence-electron chi connectivity index (χ1n) is 5.81. The first kappa shape index (κ1) is 16.9. The van der Waals surface area contributed by atoms with E-state index in [9.17, 15) is 14.9 Å². The number of nitrogens with one attached hydrogen (secondary N) is 1. The molecule has 0 saturated carbocycles. The predicted molar refractivity (Wildman–Crippen MR) is 81.4 cm³/mol. The van der Waals surface area contributed by atoms with Gasteiger partial charge in [-0.25, -0.2) is 4.79 Å². The van der Waals surface area contributed by atoms with Crippen molar-refractivity contribution in [3.8, 4) is 0 Å². The van der Waals surface area contributed by atoms with Crippen molar-refractivity contribution in [1.29, 1.82) is 0 Å². The Bertz CT molecular complexity index is 491. The molecule has 1 rings (SSSR count). The fourth-order valence-electron chi connectivity index (χ4n) is 1.57. The van der Waals surface area contributed by atoms with E-state index >= 15 is 0 Å². The van der Waals surface area contributed by atoms with E-state index in [1.54, 1.807) is 31.2 Å². The van der Waals surface area contributed by atoms with Crippen molar-refractivity contribution >= 4 is 38.0 Å². The molecule has 0 heterocycles. The summed E-state index contributed by atoms with van der Waals surface area (Å²) in [5, 5.41) is 13.7. The van der Waals surface area contributed by atoms with Gasteiger partial charge in [0.15, 0.2) is 0 Å². The van der Waals surface area contributed by atoms with Crippen LogP contribution in [0.2, 0.25) is 0 Å². The summed E-state index contributed by atoms with van der Waals surface area (Å²) in [4.78, 5) is 22.3. The molecule has 0 bridgehead atoms. The number of hydrogen-bond acceptors (Lipinski definition) is 4. The van der Waals surface area contributed by atoms with Gasteiger partial charge < -0.3 is 10.1 Å². The van der Waals surface area contributed by atoms with Crippen molar-refractivity contribution < 1.29 is 14.5 Å². The minimum Gasteiger partial charge on any atom is -0.450 e. The van der Waals surface area contributed by atoms with Crippen LogP contribution in [-0.2, 0) is 4.74 Å². The van der Waals surface area contributed by atoms with E-state index in [-0.39, 0.29) is 6.61 Å². The number of carbonyl (C=O) groups is 1. The second-order valence-electron chi connectivity index (χ2n) is 4.13. The van der Waals surface area contributed by atoms with Gasteiger partial charge in [0.25, 0.3) is 4.45 Å². The Balaban J connectivity index is 3.10. The zero-order valence-corrected chi connectivity index (χ0v) is 14.1. The van der Waals surface area contributed by atoms with Gasteiger partial charge in [-0.2, -0.15) is 0 Å². The van der Waals surface area contributed by atoms with Gasteiger partial charge in [-0.3, -0.25) is 10.1 Å². The third-order valence-electron chi connectivity index (χ3n) is 2.62. The molecular weight excluding hydrogens is 396 g/mol. The van der Waals surface area contributed by atoms with Gasteiger partial charge in [0, 0.05) is 32.2 Å². The van der Waals surface area contributed by atoms with Crippen LogP contribution in [0.5, 0.6) is 0 Å². The third kappa shape index (κ3) is 4.17. The molecule has 0 aromatic heterocycles. The molecule has 110 valence electrons. The molecule has 0 unspecified atom stereocenters. The number of halogens is 2. The van der Waals surface area contributed by atoms with Crippen molar-refractivity contribution in [2.75, 3.05) is 6.61 Å². The van der Waals surface area contributed by atoms with Gasteiger partial charge in [0.2, 0.25) is 0 Å². The Hall–Kier alpha value is -1.15. The second-order valence-corrected chi connectivity index (χ2v) is 6.65. The highest BCUT2D eigenvalue weighted by molar-refractivity contribution is 9.10. The Morgan fingerprint density at radius 2 is 2.05 bits per heavy atom. The molecule has 0 spiro atoms. The van der Waals surface area contributed by atoms with Gasteiger partial charge in [-0.15, -0.1) is 0 Å². The predicted octanol–water partition coefficient (Wildman–Crippen LogP) is 3.62. The molecule has 6 nitrogen and oxygen atoms in total. The second kappa shape index (κ2) is 7.03. The summed E-state index contributed by atoms with van der Waals surface area (Å²) in [6, 6.07) is 6.02. The fraction of sp³-hybridized carbons (Fsp3) is 0.417. The van der Waals surface area contributed by atoms with Gasteiger partial charge >= 0.3 is 6.09 Å². The highest BCUT2D eigenvalue weighted by atomic mass is 79.9. The van der Waals surface area contributed by atoms with E-state index < -0.39 is 21.5 Å². The van der Waals surface area contributed by atoms with E-state index in [1.807, 2.05) is 0 Å². The maximum atomic E-state index is 11.6. The van der Waals surface area contributed by atoms with E-state index in [4.69, 9.17) is 4.74 Å². The number of carbonyl (C=O) groups excluding carboxylic acids is 1. The van der Waals surface area contributed by atoms with Gasteiger partial charge in [0.05, 0.1) is 6.61 Å². The van der Waals surface area contributed by atoms with Crippen molar-refractivity contribution in [3.05, 3.63) is 44.4 Å². The number of alkyl halides is 1. The molecule has 1 aromatic rings. The number of amides is 1. The maximum absolute atomic E-state index is 11.6. The van der Waals surface area contributed by atoms with Crippen LogP contribution in [0.4, 0.5) is 4.79 Å². The molecular formula is C12H14Br2N2O4. The molecule has 1 amide bonds. The summed E-state index contributed by atoms with van der Waals surface area (Å²) in [7, 11) is 0. The van der Waals surface area contributed by atoms with E-state index in [2.05, 4.69) is 37.2 Å². The fourth-order valence-corrected chi connectivity index (χ4v) is 2.21. The molecule has 0 fully saturated rings. The standard InChI is InChI=1S/C12H14Br2N2O4/c1-3-20-11(17)15-10(12(2,14)16(18)19)8-4-6-9(13)7-5-8/h4-7,10H,3H2,1-2H3,(H,15,17)/t10-,12+/m1/s1. The Labute approximate surface area is 133 Å². The number of nitro groups is 1. The zero-order chi connectivity index (χ0) is 15.3. The maximum Gasteiger partial charge on any atom is 0.407 e. The molecule has 0 radical (unpaired) electrons. The highest BCUT2D eigenvalue weighted by Gasteiger charge is 2.45.